The van der Waals surface area contributed by atoms with Crippen molar-refractivity contribution in [3.8, 4) is 11.4 Å². The molecule has 0 aliphatic carbocycles. The molecule has 0 atom stereocenters. The molecule has 0 aliphatic rings. The highest BCUT2D eigenvalue weighted by Crippen LogP contribution is 2.18. The van der Waals surface area contributed by atoms with Gasteiger partial charge in [-0.3, -0.25) is 4.79 Å². The Morgan fingerprint density at radius 3 is 2.71 bits per heavy atom. The first-order valence-corrected chi connectivity index (χ1v) is 6.78. The van der Waals surface area contributed by atoms with E-state index in [1.54, 1.807) is 6.92 Å². The Hall–Kier alpha value is -2.62. The number of rotatable bonds is 6. The van der Waals surface area contributed by atoms with Crippen molar-refractivity contribution in [1.29, 1.82) is 0 Å². The van der Waals surface area contributed by atoms with Gasteiger partial charge in [-0.2, -0.15) is 0 Å². The van der Waals surface area contributed by atoms with E-state index in [2.05, 4.69) is 23.5 Å². The van der Waals surface area contributed by atoms with Crippen LogP contribution in [0.1, 0.15) is 12.6 Å². The highest BCUT2D eigenvalue weighted by molar-refractivity contribution is 5.91. The fourth-order valence-corrected chi connectivity index (χ4v) is 1.97. The van der Waals surface area contributed by atoms with Crippen LogP contribution in [0.2, 0.25) is 0 Å². The Morgan fingerprint density at radius 2 is 2.10 bits per heavy atom. The van der Waals surface area contributed by atoms with E-state index < -0.39 is 0 Å². The maximum absolute atomic E-state index is 11.5. The Labute approximate surface area is 124 Å². The lowest BCUT2D eigenvalue weighted by Gasteiger charge is -2.03. The zero-order valence-electron chi connectivity index (χ0n) is 12.2. The largest absolute Gasteiger partial charge is 0.347 e. The number of carbonyl (C=O) groups excluding carboxylic acids is 1. The van der Waals surface area contributed by atoms with E-state index in [-0.39, 0.29) is 5.91 Å². The van der Waals surface area contributed by atoms with Gasteiger partial charge in [0.15, 0.2) is 0 Å². The van der Waals surface area contributed by atoms with E-state index >= 15 is 0 Å². The van der Waals surface area contributed by atoms with Gasteiger partial charge in [0.05, 0.1) is 12.2 Å². The van der Waals surface area contributed by atoms with Crippen LogP contribution in [0.5, 0.6) is 0 Å². The number of carbonyl (C=O) groups is 1. The summed E-state index contributed by atoms with van der Waals surface area (Å²) in [6, 6.07) is 9.95. The molecule has 1 heterocycles. The summed E-state index contributed by atoms with van der Waals surface area (Å²) in [7, 11) is 0. The highest BCUT2D eigenvalue weighted by atomic mass is 16.1. The minimum atomic E-state index is -0.158. The molecular formula is C17H19N3O. The number of imidazole rings is 1. The Bertz CT molecular complexity index is 656. The predicted octanol–water partition coefficient (Wildman–Crippen LogP) is 2.93. The Kier molecular flexibility index (Phi) is 4.72. The third-order valence-corrected chi connectivity index (χ3v) is 3.00. The van der Waals surface area contributed by atoms with Gasteiger partial charge in [-0.25, -0.2) is 4.98 Å². The van der Waals surface area contributed by atoms with Crippen LogP contribution in [-0.4, -0.2) is 15.5 Å². The molecule has 0 aliphatic heterocycles. The van der Waals surface area contributed by atoms with Gasteiger partial charge in [0.1, 0.15) is 5.82 Å². The van der Waals surface area contributed by atoms with E-state index in [4.69, 9.17) is 0 Å². The first-order valence-electron chi connectivity index (χ1n) is 6.78. The lowest BCUT2D eigenvalue weighted by atomic mass is 10.2. The summed E-state index contributed by atoms with van der Waals surface area (Å²) in [4.78, 5) is 16.1. The van der Waals surface area contributed by atoms with Crippen LogP contribution in [0.15, 0.2) is 61.3 Å². The summed E-state index contributed by atoms with van der Waals surface area (Å²) in [6.45, 7) is 10.1. The summed E-state index contributed by atoms with van der Waals surface area (Å²) >= 11 is 0. The fraction of sp³-hybridized carbons (Fsp3) is 0.176. The van der Waals surface area contributed by atoms with Crippen molar-refractivity contribution in [2.75, 3.05) is 0 Å². The van der Waals surface area contributed by atoms with Crippen LogP contribution in [0, 0.1) is 0 Å². The normalized spacial score (nSPS) is 10.1. The molecule has 4 nitrogen and oxygen atoms in total. The van der Waals surface area contributed by atoms with Gasteiger partial charge in [-0.1, -0.05) is 43.0 Å². The molecule has 0 saturated heterocycles. The zero-order chi connectivity index (χ0) is 15.2. The number of hydrogen-bond donors (Lipinski definition) is 1. The van der Waals surface area contributed by atoms with Gasteiger partial charge in [-0.05, 0) is 6.92 Å². The van der Waals surface area contributed by atoms with Crippen molar-refractivity contribution < 1.29 is 4.79 Å². The molecule has 0 spiro atoms. The molecule has 1 amide bonds. The van der Waals surface area contributed by atoms with Crippen LogP contribution in [0.25, 0.3) is 11.4 Å². The topological polar surface area (TPSA) is 46.9 Å². The first kappa shape index (κ1) is 14.8. The van der Waals surface area contributed by atoms with Crippen LogP contribution in [0.3, 0.4) is 0 Å². The van der Waals surface area contributed by atoms with Gasteiger partial charge in [0.2, 0.25) is 5.91 Å². The number of nitrogens with one attached hydrogen (secondary N) is 1. The number of allylic oxidation sites excluding steroid dienone is 1. The molecule has 108 valence electrons. The molecule has 1 aromatic carbocycles. The average Bonchev–Trinajstić information content (AvgIpc) is 2.89. The van der Waals surface area contributed by atoms with Crippen LogP contribution < -0.4 is 5.32 Å². The summed E-state index contributed by atoms with van der Waals surface area (Å²) < 4.78 is 2.02. The zero-order valence-corrected chi connectivity index (χ0v) is 12.2. The maximum atomic E-state index is 11.5. The van der Waals surface area contributed by atoms with Crippen molar-refractivity contribution in [3.63, 3.8) is 0 Å². The fourth-order valence-electron chi connectivity index (χ4n) is 1.97. The molecule has 0 fully saturated rings. The molecular weight excluding hydrogens is 262 g/mol. The van der Waals surface area contributed by atoms with E-state index in [1.807, 2.05) is 47.2 Å². The first-order chi connectivity index (χ1) is 10.1. The lowest BCUT2D eigenvalue weighted by Crippen LogP contribution is -2.23. The molecule has 1 N–H and O–H groups in total. The number of nitrogens with zero attached hydrogens (tertiary/aromatic N) is 2. The monoisotopic (exact) mass is 281 g/mol. The number of benzene rings is 1. The van der Waals surface area contributed by atoms with Crippen molar-refractivity contribution >= 4 is 5.91 Å². The third-order valence-electron chi connectivity index (χ3n) is 3.00. The third kappa shape index (κ3) is 3.69. The second kappa shape index (κ2) is 6.70. The minimum absolute atomic E-state index is 0.158. The Morgan fingerprint density at radius 1 is 1.38 bits per heavy atom. The molecule has 0 bridgehead atoms. The number of aromatic nitrogens is 2. The summed E-state index contributed by atoms with van der Waals surface area (Å²) in [5.74, 6) is 0.713. The van der Waals surface area contributed by atoms with Gasteiger partial charge < -0.3 is 9.88 Å². The highest BCUT2D eigenvalue weighted by Gasteiger charge is 2.10. The van der Waals surface area contributed by atoms with Gasteiger partial charge >= 0.3 is 0 Å². The predicted molar refractivity (Wildman–Crippen MR) is 84.5 cm³/mol. The molecule has 0 radical (unpaired) electrons. The van der Waals surface area contributed by atoms with E-state index in [0.717, 1.165) is 17.1 Å². The van der Waals surface area contributed by atoms with Gasteiger partial charge in [0.25, 0.3) is 0 Å². The van der Waals surface area contributed by atoms with E-state index in [1.165, 1.54) is 0 Å². The molecule has 2 aromatic rings. The van der Waals surface area contributed by atoms with E-state index in [0.29, 0.717) is 18.7 Å². The second-order valence-corrected chi connectivity index (χ2v) is 4.83. The lowest BCUT2D eigenvalue weighted by molar-refractivity contribution is -0.117. The van der Waals surface area contributed by atoms with Gasteiger partial charge in [0, 0.05) is 23.9 Å². The van der Waals surface area contributed by atoms with E-state index in [9.17, 15) is 4.79 Å². The van der Waals surface area contributed by atoms with Crippen molar-refractivity contribution in [2.45, 2.75) is 20.0 Å². The van der Waals surface area contributed by atoms with Crippen molar-refractivity contribution in [2.24, 2.45) is 0 Å². The van der Waals surface area contributed by atoms with Crippen molar-refractivity contribution in [3.05, 3.63) is 67.0 Å². The smallest absolute Gasteiger partial charge is 0.246 e. The number of hydrogen-bond acceptors (Lipinski definition) is 2. The maximum Gasteiger partial charge on any atom is 0.246 e. The van der Waals surface area contributed by atoms with Crippen LogP contribution in [-0.2, 0) is 17.9 Å². The average molecular weight is 281 g/mol. The standard InChI is InChI=1S/C17H19N3O/c1-4-10-20-12-15(11-18-17(21)13(2)3)19-16(20)14-8-6-5-7-9-14/h4-9,12H,1-2,10-11H2,3H3,(H,18,21). The second-order valence-electron chi connectivity index (χ2n) is 4.83. The summed E-state index contributed by atoms with van der Waals surface area (Å²) in [5.41, 5.74) is 2.34. The minimum Gasteiger partial charge on any atom is -0.347 e. The van der Waals surface area contributed by atoms with Gasteiger partial charge in [-0.15, -0.1) is 6.58 Å². The van der Waals surface area contributed by atoms with Crippen LogP contribution >= 0.6 is 0 Å². The van der Waals surface area contributed by atoms with Crippen LogP contribution in [0.4, 0.5) is 0 Å². The molecule has 4 heteroatoms. The van der Waals surface area contributed by atoms with Crippen molar-refractivity contribution in [1.82, 2.24) is 14.9 Å². The molecule has 21 heavy (non-hydrogen) atoms. The Balaban J connectivity index is 2.23. The quantitative estimate of drug-likeness (QED) is 0.653. The summed E-state index contributed by atoms with van der Waals surface area (Å²) in [6.07, 6.45) is 3.76. The molecule has 2 rings (SSSR count). The molecule has 1 aromatic heterocycles. The molecule has 0 saturated carbocycles. The SMILES string of the molecule is C=CCn1cc(CNC(=O)C(=C)C)nc1-c1ccccc1. The number of amides is 1. The summed E-state index contributed by atoms with van der Waals surface area (Å²) in [5, 5.41) is 2.79. The molecule has 0 unspecified atom stereocenters.